The Labute approximate surface area is 121 Å². The molecule has 2 saturated carbocycles. The van der Waals surface area contributed by atoms with Gasteiger partial charge in [-0.2, -0.15) is 0 Å². The first-order valence-electron chi connectivity index (χ1n) is 8.14. The molecule has 1 heterocycles. The first-order chi connectivity index (χ1) is 9.54. The van der Waals surface area contributed by atoms with Crippen LogP contribution in [0.15, 0.2) is 0 Å². The van der Waals surface area contributed by atoms with E-state index in [0.29, 0.717) is 30.8 Å². The van der Waals surface area contributed by atoms with Crippen molar-refractivity contribution in [2.75, 3.05) is 6.54 Å². The third-order valence-corrected chi connectivity index (χ3v) is 5.30. The van der Waals surface area contributed by atoms with Crippen LogP contribution in [0.4, 0.5) is 0 Å². The highest BCUT2D eigenvalue weighted by molar-refractivity contribution is 5.90. The number of hydrogen-bond acceptors (Lipinski definition) is 2. The predicted molar refractivity (Wildman–Crippen MR) is 77.0 cm³/mol. The van der Waals surface area contributed by atoms with Gasteiger partial charge in [0, 0.05) is 19.0 Å². The summed E-state index contributed by atoms with van der Waals surface area (Å²) in [6.45, 7) is 4.82. The van der Waals surface area contributed by atoms with E-state index < -0.39 is 0 Å². The monoisotopic (exact) mass is 278 g/mol. The van der Waals surface area contributed by atoms with E-state index in [9.17, 15) is 9.59 Å². The highest BCUT2D eigenvalue weighted by Crippen LogP contribution is 2.47. The number of carbonyl (C=O) groups excluding carboxylic acids is 2. The molecule has 3 fully saturated rings. The second-order valence-corrected chi connectivity index (χ2v) is 7.27. The normalized spacial score (nSPS) is 37.5. The molecule has 2 bridgehead atoms. The molecule has 0 spiro atoms. The molecular formula is C16H26N2O2. The molecule has 3 aliphatic rings. The minimum Gasteiger partial charge on any atom is -0.344 e. The minimum atomic E-state index is -0.302. The molecule has 1 saturated heterocycles. The maximum Gasteiger partial charge on any atom is 0.245 e. The zero-order valence-electron chi connectivity index (χ0n) is 12.6. The van der Waals surface area contributed by atoms with Gasteiger partial charge in [-0.1, -0.05) is 20.3 Å². The summed E-state index contributed by atoms with van der Waals surface area (Å²) in [5, 5.41) is 2.93. The third kappa shape index (κ3) is 2.57. The number of fused-ring (bicyclic) bond motifs is 2. The second-order valence-electron chi connectivity index (χ2n) is 7.27. The van der Waals surface area contributed by atoms with Crippen molar-refractivity contribution in [2.45, 2.75) is 64.5 Å². The fourth-order valence-electron chi connectivity index (χ4n) is 4.41. The summed E-state index contributed by atoms with van der Waals surface area (Å²) >= 11 is 0. The average molecular weight is 278 g/mol. The maximum absolute atomic E-state index is 12.8. The lowest BCUT2D eigenvalue weighted by Gasteiger charge is -2.35. The SMILES string of the molecule is CC(C)CC1NC(=O)CCN(C2CC3CCC2C3)C1=O. The fourth-order valence-corrected chi connectivity index (χ4v) is 4.41. The van der Waals surface area contributed by atoms with Crippen LogP contribution in [0.25, 0.3) is 0 Å². The van der Waals surface area contributed by atoms with E-state index in [1.807, 2.05) is 0 Å². The summed E-state index contributed by atoms with van der Waals surface area (Å²) in [5.74, 6) is 2.14. The van der Waals surface area contributed by atoms with Crippen LogP contribution in [0.3, 0.4) is 0 Å². The van der Waals surface area contributed by atoms with E-state index >= 15 is 0 Å². The van der Waals surface area contributed by atoms with E-state index in [0.717, 1.165) is 12.3 Å². The van der Waals surface area contributed by atoms with Crippen LogP contribution in [0.5, 0.6) is 0 Å². The Bertz CT molecular complexity index is 407. The molecule has 0 aromatic rings. The molecule has 112 valence electrons. The van der Waals surface area contributed by atoms with Crippen LogP contribution in [-0.2, 0) is 9.59 Å². The standard InChI is InChI=1S/C16H26N2O2/c1-10(2)7-13-16(20)18(6-5-15(19)17-13)14-9-11-3-4-12(14)8-11/h10-14H,3-9H2,1-2H3,(H,17,19). The van der Waals surface area contributed by atoms with Gasteiger partial charge < -0.3 is 10.2 Å². The lowest BCUT2D eigenvalue weighted by molar-refractivity contribution is -0.137. The van der Waals surface area contributed by atoms with Gasteiger partial charge in [0.15, 0.2) is 0 Å². The van der Waals surface area contributed by atoms with Gasteiger partial charge in [-0.3, -0.25) is 9.59 Å². The van der Waals surface area contributed by atoms with Crippen LogP contribution in [0, 0.1) is 17.8 Å². The molecule has 0 radical (unpaired) electrons. The van der Waals surface area contributed by atoms with E-state index in [4.69, 9.17) is 0 Å². The summed E-state index contributed by atoms with van der Waals surface area (Å²) < 4.78 is 0. The molecule has 2 amide bonds. The van der Waals surface area contributed by atoms with Crippen molar-refractivity contribution < 1.29 is 9.59 Å². The van der Waals surface area contributed by atoms with Crippen molar-refractivity contribution >= 4 is 11.8 Å². The molecule has 2 aliphatic carbocycles. The van der Waals surface area contributed by atoms with Gasteiger partial charge in [0.1, 0.15) is 6.04 Å². The number of hydrogen-bond donors (Lipinski definition) is 1. The van der Waals surface area contributed by atoms with Gasteiger partial charge in [0.2, 0.25) is 11.8 Å². The van der Waals surface area contributed by atoms with Crippen molar-refractivity contribution in [1.82, 2.24) is 10.2 Å². The Kier molecular flexibility index (Phi) is 3.74. The fraction of sp³-hybridized carbons (Fsp3) is 0.875. The summed E-state index contributed by atoms with van der Waals surface area (Å²) in [7, 11) is 0. The smallest absolute Gasteiger partial charge is 0.245 e. The lowest BCUT2D eigenvalue weighted by atomic mass is 9.93. The van der Waals surface area contributed by atoms with Crippen molar-refractivity contribution in [3.63, 3.8) is 0 Å². The molecule has 4 nitrogen and oxygen atoms in total. The summed E-state index contributed by atoms with van der Waals surface area (Å²) in [6.07, 6.45) is 6.30. The summed E-state index contributed by atoms with van der Waals surface area (Å²) in [6, 6.07) is 0.104. The minimum absolute atomic E-state index is 0.0367. The highest BCUT2D eigenvalue weighted by Gasteiger charge is 2.45. The van der Waals surface area contributed by atoms with Crippen molar-refractivity contribution in [3.8, 4) is 0 Å². The zero-order valence-corrected chi connectivity index (χ0v) is 12.6. The lowest BCUT2D eigenvalue weighted by Crippen LogP contribution is -2.50. The average Bonchev–Trinajstić information content (AvgIpc) is 2.96. The zero-order chi connectivity index (χ0) is 14.3. The van der Waals surface area contributed by atoms with Crippen LogP contribution < -0.4 is 5.32 Å². The Hall–Kier alpha value is -1.06. The molecule has 0 aromatic carbocycles. The van der Waals surface area contributed by atoms with Gasteiger partial charge in [-0.25, -0.2) is 0 Å². The van der Waals surface area contributed by atoms with Gasteiger partial charge in [0.05, 0.1) is 0 Å². The number of rotatable bonds is 3. The molecular weight excluding hydrogens is 252 g/mol. The quantitative estimate of drug-likeness (QED) is 0.857. The van der Waals surface area contributed by atoms with E-state index in [-0.39, 0.29) is 17.9 Å². The number of nitrogens with zero attached hydrogens (tertiary/aromatic N) is 1. The third-order valence-electron chi connectivity index (χ3n) is 5.30. The van der Waals surface area contributed by atoms with Gasteiger partial charge >= 0.3 is 0 Å². The molecule has 1 N–H and O–H groups in total. The number of carbonyl (C=O) groups is 2. The van der Waals surface area contributed by atoms with E-state index in [1.54, 1.807) is 0 Å². The van der Waals surface area contributed by atoms with Crippen LogP contribution in [0.1, 0.15) is 52.4 Å². The Balaban J connectivity index is 1.75. The second kappa shape index (κ2) is 5.38. The summed E-state index contributed by atoms with van der Waals surface area (Å²) in [5.41, 5.74) is 0. The number of nitrogens with one attached hydrogen (secondary N) is 1. The summed E-state index contributed by atoms with van der Waals surface area (Å²) in [4.78, 5) is 26.7. The van der Waals surface area contributed by atoms with Gasteiger partial charge in [-0.15, -0.1) is 0 Å². The van der Waals surface area contributed by atoms with Gasteiger partial charge in [-0.05, 0) is 43.4 Å². The molecule has 4 atom stereocenters. The van der Waals surface area contributed by atoms with E-state index in [2.05, 4.69) is 24.1 Å². The Morgan fingerprint density at radius 3 is 2.65 bits per heavy atom. The predicted octanol–water partition coefficient (Wildman–Crippen LogP) is 1.94. The van der Waals surface area contributed by atoms with Crippen LogP contribution >= 0.6 is 0 Å². The molecule has 4 unspecified atom stereocenters. The molecule has 4 heteroatoms. The van der Waals surface area contributed by atoms with Crippen molar-refractivity contribution in [3.05, 3.63) is 0 Å². The first-order valence-corrected chi connectivity index (χ1v) is 8.14. The highest BCUT2D eigenvalue weighted by atomic mass is 16.2. The maximum atomic E-state index is 12.8. The van der Waals surface area contributed by atoms with Crippen LogP contribution in [0.2, 0.25) is 0 Å². The molecule has 0 aromatic heterocycles. The van der Waals surface area contributed by atoms with E-state index in [1.165, 1.54) is 25.7 Å². The largest absolute Gasteiger partial charge is 0.344 e. The first kappa shape index (κ1) is 13.9. The Morgan fingerprint density at radius 1 is 1.25 bits per heavy atom. The Morgan fingerprint density at radius 2 is 2.05 bits per heavy atom. The van der Waals surface area contributed by atoms with Crippen LogP contribution in [-0.4, -0.2) is 35.3 Å². The topological polar surface area (TPSA) is 49.4 Å². The molecule has 3 rings (SSSR count). The van der Waals surface area contributed by atoms with Crippen molar-refractivity contribution in [1.29, 1.82) is 0 Å². The molecule has 1 aliphatic heterocycles. The van der Waals surface area contributed by atoms with Gasteiger partial charge in [0.25, 0.3) is 0 Å². The number of amides is 2. The van der Waals surface area contributed by atoms with Crippen molar-refractivity contribution in [2.24, 2.45) is 17.8 Å². The molecule has 20 heavy (non-hydrogen) atoms.